The lowest BCUT2D eigenvalue weighted by molar-refractivity contribution is -0.889. The van der Waals surface area contributed by atoms with Crippen LogP contribution in [-0.2, 0) is 28.6 Å². The molecule has 0 aliphatic carbocycles. The molecule has 0 saturated heterocycles. The van der Waals surface area contributed by atoms with Crippen molar-refractivity contribution < 1.29 is 38.2 Å². The van der Waals surface area contributed by atoms with Crippen LogP contribution in [-0.4, -0.2) is 75.5 Å². The number of ether oxygens (including phenoxy) is 3. The SMILES string of the molecule is CCCCCCCC/C=C/CCCCCCCCCC(=O)OC(COCCC(C(=O)[O-])[N+](C)(C)C)COC(=O)CCCCCCCCCCCCCCC. The first-order chi connectivity index (χ1) is 26.1. The van der Waals surface area contributed by atoms with Crippen molar-refractivity contribution in [2.75, 3.05) is 41.0 Å². The van der Waals surface area contributed by atoms with Crippen LogP contribution in [0.15, 0.2) is 12.2 Å². The number of allylic oxidation sites excluding steroid dienone is 2. The average Bonchev–Trinajstić information content (AvgIpc) is 3.12. The summed E-state index contributed by atoms with van der Waals surface area (Å²) in [4.78, 5) is 36.8. The fraction of sp³-hybridized carbons (Fsp3) is 0.891. The smallest absolute Gasteiger partial charge is 0.306 e. The summed E-state index contributed by atoms with van der Waals surface area (Å²) < 4.78 is 17.2. The summed E-state index contributed by atoms with van der Waals surface area (Å²) in [6.07, 6.45) is 39.4. The second-order valence-electron chi connectivity index (χ2n) is 16.6. The van der Waals surface area contributed by atoms with E-state index in [1.165, 1.54) is 141 Å². The molecule has 0 radical (unpaired) electrons. The van der Waals surface area contributed by atoms with Crippen molar-refractivity contribution in [3.8, 4) is 0 Å². The van der Waals surface area contributed by atoms with Gasteiger partial charge in [-0.15, -0.1) is 0 Å². The number of rotatable bonds is 41. The first-order valence-corrected chi connectivity index (χ1v) is 22.7. The molecule has 0 fully saturated rings. The molecule has 0 aliphatic rings. The highest BCUT2D eigenvalue weighted by atomic mass is 16.6. The summed E-state index contributed by atoms with van der Waals surface area (Å²) in [5, 5.41) is 11.6. The van der Waals surface area contributed by atoms with E-state index in [4.69, 9.17) is 14.2 Å². The first-order valence-electron chi connectivity index (χ1n) is 22.7. The molecule has 8 nitrogen and oxygen atoms in total. The van der Waals surface area contributed by atoms with Crippen LogP contribution in [0.2, 0.25) is 0 Å². The van der Waals surface area contributed by atoms with Gasteiger partial charge in [0.15, 0.2) is 6.10 Å². The van der Waals surface area contributed by atoms with Crippen molar-refractivity contribution in [1.82, 2.24) is 0 Å². The molecule has 0 spiro atoms. The molecule has 0 bridgehead atoms. The van der Waals surface area contributed by atoms with Crippen molar-refractivity contribution in [1.29, 1.82) is 0 Å². The molecule has 2 atom stereocenters. The number of esters is 2. The van der Waals surface area contributed by atoms with E-state index >= 15 is 0 Å². The highest BCUT2D eigenvalue weighted by Crippen LogP contribution is 2.15. The Morgan fingerprint density at radius 1 is 0.537 bits per heavy atom. The van der Waals surface area contributed by atoms with Crippen LogP contribution >= 0.6 is 0 Å². The molecule has 2 unspecified atom stereocenters. The molecule has 54 heavy (non-hydrogen) atoms. The highest BCUT2D eigenvalue weighted by Gasteiger charge is 2.25. The zero-order chi connectivity index (χ0) is 40.0. The Morgan fingerprint density at radius 3 is 1.33 bits per heavy atom. The lowest BCUT2D eigenvalue weighted by atomic mass is 10.0. The van der Waals surface area contributed by atoms with Crippen LogP contribution in [0.5, 0.6) is 0 Å². The van der Waals surface area contributed by atoms with Gasteiger partial charge in [-0.3, -0.25) is 9.59 Å². The van der Waals surface area contributed by atoms with Gasteiger partial charge in [0.25, 0.3) is 0 Å². The molecule has 0 rings (SSSR count). The normalized spacial score (nSPS) is 13.0. The minimum absolute atomic E-state index is 0.0445. The van der Waals surface area contributed by atoms with Gasteiger partial charge in [0.05, 0.1) is 40.3 Å². The van der Waals surface area contributed by atoms with Gasteiger partial charge in [0, 0.05) is 19.3 Å². The van der Waals surface area contributed by atoms with Crippen LogP contribution in [0.3, 0.4) is 0 Å². The van der Waals surface area contributed by atoms with Gasteiger partial charge in [0.2, 0.25) is 0 Å². The third-order valence-corrected chi connectivity index (χ3v) is 10.4. The summed E-state index contributed by atoms with van der Waals surface area (Å²) >= 11 is 0. The molecule has 8 heteroatoms. The fourth-order valence-corrected chi connectivity index (χ4v) is 6.83. The van der Waals surface area contributed by atoms with E-state index in [0.717, 1.165) is 38.5 Å². The molecule has 0 N–H and O–H groups in total. The van der Waals surface area contributed by atoms with Gasteiger partial charge in [-0.1, -0.05) is 167 Å². The van der Waals surface area contributed by atoms with Crippen molar-refractivity contribution in [3.63, 3.8) is 0 Å². The van der Waals surface area contributed by atoms with E-state index in [1.54, 1.807) is 21.1 Å². The molecule has 0 amide bonds. The summed E-state index contributed by atoms with van der Waals surface area (Å²) in [5.41, 5.74) is 0. The Morgan fingerprint density at radius 2 is 0.926 bits per heavy atom. The summed E-state index contributed by atoms with van der Waals surface area (Å²) in [6.45, 7) is 4.67. The molecule has 0 aromatic carbocycles. The molecule has 0 aromatic rings. The first kappa shape index (κ1) is 52.1. The molecular weight excluding hydrogens is 679 g/mol. The van der Waals surface area contributed by atoms with Gasteiger partial charge >= 0.3 is 11.9 Å². The Kier molecular flexibility index (Phi) is 36.6. The van der Waals surface area contributed by atoms with Crippen LogP contribution in [0.1, 0.15) is 213 Å². The number of carbonyl (C=O) groups excluding carboxylic acids is 3. The predicted octanol–water partition coefficient (Wildman–Crippen LogP) is 11.0. The zero-order valence-corrected chi connectivity index (χ0v) is 36.2. The Balaban J connectivity index is 4.30. The van der Waals surface area contributed by atoms with E-state index in [9.17, 15) is 19.5 Å². The number of carbonyl (C=O) groups is 3. The minimum atomic E-state index is -1.12. The maximum absolute atomic E-state index is 12.7. The minimum Gasteiger partial charge on any atom is -0.544 e. The van der Waals surface area contributed by atoms with Crippen LogP contribution in [0.4, 0.5) is 0 Å². The average molecular weight is 766 g/mol. The Labute approximate surface area is 333 Å². The summed E-state index contributed by atoms with van der Waals surface area (Å²) in [5.74, 6) is -1.73. The predicted molar refractivity (Wildman–Crippen MR) is 222 cm³/mol. The van der Waals surface area contributed by atoms with Crippen molar-refractivity contribution in [2.45, 2.75) is 225 Å². The van der Waals surface area contributed by atoms with Crippen molar-refractivity contribution in [3.05, 3.63) is 12.2 Å². The fourth-order valence-electron chi connectivity index (χ4n) is 6.83. The standard InChI is InChI=1S/C46H87NO7/c1-6-8-10-12-14-16-18-20-21-22-23-25-27-29-31-33-35-37-45(49)54-42(40-52-39-38-43(46(50)51)47(3,4)5)41-53-44(48)36-34-32-30-28-26-24-19-17-15-13-11-9-7-2/h20-21,42-43H,6-19,22-41H2,1-5H3/b21-20+. The third kappa shape index (κ3) is 35.8. The Bertz CT molecular complexity index is 900. The summed E-state index contributed by atoms with van der Waals surface area (Å²) in [6, 6.07) is -0.722. The number of quaternary nitrogens is 1. The van der Waals surface area contributed by atoms with Crippen LogP contribution < -0.4 is 5.11 Å². The molecule has 318 valence electrons. The van der Waals surface area contributed by atoms with Gasteiger partial charge in [0.1, 0.15) is 12.6 Å². The van der Waals surface area contributed by atoms with Gasteiger partial charge < -0.3 is 28.6 Å². The van der Waals surface area contributed by atoms with Gasteiger partial charge in [-0.05, 0) is 38.5 Å². The van der Waals surface area contributed by atoms with Gasteiger partial charge in [-0.2, -0.15) is 0 Å². The van der Waals surface area contributed by atoms with Crippen LogP contribution in [0.25, 0.3) is 0 Å². The number of carboxylic acids is 1. The number of likely N-dealkylation sites (N-methyl/N-ethyl adjacent to an activating group) is 1. The van der Waals surface area contributed by atoms with E-state index < -0.39 is 18.1 Å². The highest BCUT2D eigenvalue weighted by molar-refractivity contribution is 5.70. The van der Waals surface area contributed by atoms with E-state index in [0.29, 0.717) is 12.8 Å². The summed E-state index contributed by atoms with van der Waals surface area (Å²) in [7, 11) is 5.41. The van der Waals surface area contributed by atoms with Crippen molar-refractivity contribution >= 4 is 17.9 Å². The molecule has 0 heterocycles. The van der Waals surface area contributed by atoms with Gasteiger partial charge in [-0.25, -0.2) is 0 Å². The number of hydrogen-bond acceptors (Lipinski definition) is 7. The monoisotopic (exact) mass is 766 g/mol. The molecular formula is C46H87NO7. The lowest BCUT2D eigenvalue weighted by Gasteiger charge is -2.34. The maximum Gasteiger partial charge on any atom is 0.306 e. The molecule has 0 aliphatic heterocycles. The second-order valence-corrected chi connectivity index (χ2v) is 16.6. The number of hydrogen-bond donors (Lipinski definition) is 0. The number of nitrogens with zero attached hydrogens (tertiary/aromatic N) is 1. The second kappa shape index (κ2) is 38.0. The number of unbranched alkanes of at least 4 members (excludes halogenated alkanes) is 25. The number of aliphatic carboxylic acids is 1. The maximum atomic E-state index is 12.7. The topological polar surface area (TPSA) is 102 Å². The molecule has 0 saturated carbocycles. The quantitative estimate of drug-likeness (QED) is 0.0264. The lowest BCUT2D eigenvalue weighted by Crippen LogP contribution is -2.55. The van der Waals surface area contributed by atoms with E-state index in [1.807, 2.05) is 0 Å². The van der Waals surface area contributed by atoms with E-state index in [2.05, 4.69) is 26.0 Å². The van der Waals surface area contributed by atoms with E-state index in [-0.39, 0.29) is 42.7 Å². The third-order valence-electron chi connectivity index (χ3n) is 10.4. The number of carboxylic acid groups (broad SMARTS) is 1. The Hall–Kier alpha value is -1.93. The zero-order valence-electron chi connectivity index (χ0n) is 36.2. The molecule has 0 aromatic heterocycles. The van der Waals surface area contributed by atoms with Crippen molar-refractivity contribution in [2.24, 2.45) is 0 Å². The largest absolute Gasteiger partial charge is 0.544 e. The van der Waals surface area contributed by atoms with Crippen LogP contribution in [0, 0.1) is 0 Å².